The van der Waals surface area contributed by atoms with Gasteiger partial charge in [-0.15, -0.1) is 0 Å². The van der Waals surface area contributed by atoms with Crippen LogP contribution in [0.3, 0.4) is 0 Å². The zero-order chi connectivity index (χ0) is 28.2. The number of nitrogens with zero attached hydrogens (tertiary/aromatic N) is 2. The number of anilines is 1. The number of para-hydroxylation sites is 1. The van der Waals surface area contributed by atoms with Gasteiger partial charge in [-0.05, 0) is 60.5 Å². The van der Waals surface area contributed by atoms with E-state index in [-0.39, 0.29) is 11.5 Å². The highest BCUT2D eigenvalue weighted by molar-refractivity contribution is 7.07. The number of carbonyl (C=O) groups is 2. The van der Waals surface area contributed by atoms with E-state index in [2.05, 4.69) is 10.3 Å². The van der Waals surface area contributed by atoms with E-state index < -0.39 is 18.6 Å². The molecular weight excluding hydrogens is 530 g/mol. The van der Waals surface area contributed by atoms with E-state index in [4.69, 9.17) is 9.47 Å². The Labute approximate surface area is 233 Å². The number of amides is 1. The first-order valence-electron chi connectivity index (χ1n) is 12.3. The lowest BCUT2D eigenvalue weighted by molar-refractivity contribution is -0.307. The van der Waals surface area contributed by atoms with Crippen LogP contribution < -0.4 is 34.8 Å². The predicted molar refractivity (Wildman–Crippen MR) is 149 cm³/mol. The molecule has 0 bridgehead atoms. The standard InChI is InChI=1S/C30H25N3O6S/c1-18-26(28(36)32-21-8-4-3-5-9-21)27(20-7-6-10-23(16-20)38-2)33-29(37)24(40-30(33)31-18)15-19-11-13-22(14-12-19)39-17-25(34)35/h3-16,27H,17H2,1-2H3,(H,32,36)(H,34,35)/p-1/t27-/m0/s1. The van der Waals surface area contributed by atoms with Crippen molar-refractivity contribution in [3.63, 3.8) is 0 Å². The number of carbonyl (C=O) groups excluding carboxylic acids is 2. The number of aliphatic carboxylic acids is 1. The Bertz CT molecular complexity index is 1790. The lowest BCUT2D eigenvalue weighted by atomic mass is 9.95. The fraction of sp³-hybridized carbons (Fsp3) is 0.133. The van der Waals surface area contributed by atoms with Crippen LogP contribution in [-0.4, -0.2) is 30.2 Å². The van der Waals surface area contributed by atoms with Crippen LogP contribution in [0.5, 0.6) is 11.5 Å². The van der Waals surface area contributed by atoms with Crippen LogP contribution in [0.15, 0.2) is 99.9 Å². The summed E-state index contributed by atoms with van der Waals surface area (Å²) < 4.78 is 12.5. The van der Waals surface area contributed by atoms with Gasteiger partial charge >= 0.3 is 0 Å². The van der Waals surface area contributed by atoms with Crippen molar-refractivity contribution in [1.29, 1.82) is 0 Å². The maximum absolute atomic E-state index is 13.8. The van der Waals surface area contributed by atoms with Gasteiger partial charge in [0.2, 0.25) is 0 Å². The van der Waals surface area contributed by atoms with Crippen LogP contribution in [0.1, 0.15) is 24.1 Å². The number of thiazole rings is 1. The molecule has 1 aliphatic rings. The SMILES string of the molecule is COc1cccc([C@H]2C(C(=O)Nc3ccccc3)=C(C)N=c3sc(=Cc4ccc(OCC(=O)[O-])cc4)c(=O)n32)c1. The van der Waals surface area contributed by atoms with Gasteiger partial charge < -0.3 is 24.7 Å². The molecule has 202 valence electrons. The van der Waals surface area contributed by atoms with Crippen molar-refractivity contribution in [2.75, 3.05) is 19.0 Å². The molecule has 1 atom stereocenters. The fourth-order valence-corrected chi connectivity index (χ4v) is 5.46. The molecule has 0 fully saturated rings. The van der Waals surface area contributed by atoms with Gasteiger partial charge in [0.25, 0.3) is 11.5 Å². The molecule has 1 aromatic heterocycles. The number of allylic oxidation sites excluding steroid dienone is 1. The van der Waals surface area contributed by atoms with Gasteiger partial charge in [-0.3, -0.25) is 14.2 Å². The van der Waals surface area contributed by atoms with Crippen molar-refractivity contribution >= 4 is 35.0 Å². The second-order valence-electron chi connectivity index (χ2n) is 8.91. The smallest absolute Gasteiger partial charge is 0.271 e. The zero-order valence-electron chi connectivity index (χ0n) is 21.6. The first kappa shape index (κ1) is 26.6. The highest BCUT2D eigenvalue weighted by Gasteiger charge is 2.32. The summed E-state index contributed by atoms with van der Waals surface area (Å²) in [5.41, 5.74) is 2.60. The Kier molecular flexibility index (Phi) is 7.61. The Morgan fingerprint density at radius 2 is 1.80 bits per heavy atom. The third-order valence-corrected chi connectivity index (χ3v) is 7.22. The summed E-state index contributed by atoms with van der Waals surface area (Å²) in [6.07, 6.45) is 1.72. The molecule has 1 amide bonds. The summed E-state index contributed by atoms with van der Waals surface area (Å²) in [5, 5.41) is 13.6. The molecule has 0 saturated carbocycles. The summed E-state index contributed by atoms with van der Waals surface area (Å²) in [4.78, 5) is 43.2. The average Bonchev–Trinajstić information content (AvgIpc) is 3.26. The maximum atomic E-state index is 13.8. The minimum absolute atomic E-state index is 0.300. The van der Waals surface area contributed by atoms with Crippen molar-refractivity contribution in [2.45, 2.75) is 13.0 Å². The quantitative estimate of drug-likeness (QED) is 0.356. The fourth-order valence-electron chi connectivity index (χ4n) is 4.41. The molecule has 0 spiro atoms. The highest BCUT2D eigenvalue weighted by Crippen LogP contribution is 2.32. The van der Waals surface area contributed by atoms with Crippen LogP contribution in [0.2, 0.25) is 0 Å². The van der Waals surface area contributed by atoms with Crippen LogP contribution >= 0.6 is 11.3 Å². The normalized spacial score (nSPS) is 14.8. The van der Waals surface area contributed by atoms with E-state index in [1.165, 1.54) is 15.9 Å². The Hall–Kier alpha value is -4.96. The summed E-state index contributed by atoms with van der Waals surface area (Å²) in [7, 11) is 1.56. The summed E-state index contributed by atoms with van der Waals surface area (Å²) in [6.45, 7) is 1.21. The summed E-state index contributed by atoms with van der Waals surface area (Å²) in [6, 6.07) is 22.3. The van der Waals surface area contributed by atoms with Gasteiger partial charge in [-0.25, -0.2) is 4.99 Å². The third kappa shape index (κ3) is 5.57. The van der Waals surface area contributed by atoms with Gasteiger partial charge in [0, 0.05) is 5.69 Å². The van der Waals surface area contributed by atoms with E-state index in [1.807, 2.05) is 36.4 Å². The largest absolute Gasteiger partial charge is 0.546 e. The van der Waals surface area contributed by atoms with Gasteiger partial charge in [0.1, 0.15) is 18.1 Å². The molecule has 1 N–H and O–H groups in total. The Morgan fingerprint density at radius 1 is 1.05 bits per heavy atom. The molecule has 4 aromatic rings. The number of benzene rings is 3. The van der Waals surface area contributed by atoms with Crippen molar-refractivity contribution in [3.8, 4) is 11.5 Å². The zero-order valence-corrected chi connectivity index (χ0v) is 22.4. The van der Waals surface area contributed by atoms with E-state index in [0.29, 0.717) is 48.9 Å². The van der Waals surface area contributed by atoms with Gasteiger partial charge in [-0.1, -0.05) is 53.8 Å². The number of nitrogens with one attached hydrogen (secondary N) is 1. The average molecular weight is 555 g/mol. The van der Waals surface area contributed by atoms with E-state index >= 15 is 0 Å². The molecule has 1 aliphatic heterocycles. The number of carboxylic acid groups (broad SMARTS) is 1. The molecule has 0 aliphatic carbocycles. The number of aromatic nitrogens is 1. The molecule has 10 heteroatoms. The van der Waals surface area contributed by atoms with Crippen molar-refractivity contribution in [3.05, 3.63) is 121 Å². The Balaban J connectivity index is 1.59. The van der Waals surface area contributed by atoms with E-state index in [1.54, 1.807) is 62.6 Å². The first-order chi connectivity index (χ1) is 19.3. The predicted octanol–water partition coefficient (Wildman–Crippen LogP) is 2.01. The van der Waals surface area contributed by atoms with Crippen molar-refractivity contribution < 1.29 is 24.2 Å². The molecule has 0 unspecified atom stereocenters. The van der Waals surface area contributed by atoms with Crippen LogP contribution in [0, 0.1) is 0 Å². The molecule has 40 heavy (non-hydrogen) atoms. The Morgan fingerprint density at radius 3 is 2.50 bits per heavy atom. The summed E-state index contributed by atoms with van der Waals surface area (Å²) in [5.74, 6) is -0.715. The van der Waals surface area contributed by atoms with Gasteiger partial charge in [0.15, 0.2) is 4.80 Å². The van der Waals surface area contributed by atoms with Gasteiger partial charge in [-0.2, -0.15) is 0 Å². The topological polar surface area (TPSA) is 122 Å². The van der Waals surface area contributed by atoms with Crippen LogP contribution in [0.25, 0.3) is 6.08 Å². The van der Waals surface area contributed by atoms with Crippen LogP contribution in [-0.2, 0) is 9.59 Å². The highest BCUT2D eigenvalue weighted by atomic mass is 32.1. The maximum Gasteiger partial charge on any atom is 0.271 e. The van der Waals surface area contributed by atoms with E-state index in [0.717, 1.165) is 0 Å². The number of fused-ring (bicyclic) bond motifs is 1. The molecule has 3 aromatic carbocycles. The monoisotopic (exact) mass is 554 g/mol. The van der Waals surface area contributed by atoms with Gasteiger partial charge in [0.05, 0.1) is 34.9 Å². The molecular formula is C30H24N3O6S-. The molecule has 0 radical (unpaired) electrons. The lowest BCUT2D eigenvalue weighted by Crippen LogP contribution is -2.40. The molecule has 5 rings (SSSR count). The number of carboxylic acids is 1. The number of ether oxygens (including phenoxy) is 2. The van der Waals surface area contributed by atoms with Crippen molar-refractivity contribution in [1.82, 2.24) is 4.57 Å². The second kappa shape index (κ2) is 11.4. The summed E-state index contributed by atoms with van der Waals surface area (Å²) >= 11 is 1.22. The number of methoxy groups -OCH3 is 1. The number of hydrogen-bond acceptors (Lipinski definition) is 8. The number of hydrogen-bond donors (Lipinski definition) is 1. The molecule has 0 saturated heterocycles. The molecule has 9 nitrogen and oxygen atoms in total. The van der Waals surface area contributed by atoms with Crippen molar-refractivity contribution in [2.24, 2.45) is 4.99 Å². The second-order valence-corrected chi connectivity index (χ2v) is 9.92. The van der Waals surface area contributed by atoms with Crippen LogP contribution in [0.4, 0.5) is 5.69 Å². The van der Waals surface area contributed by atoms with E-state index in [9.17, 15) is 19.5 Å². The minimum atomic E-state index is -1.32. The lowest BCUT2D eigenvalue weighted by Gasteiger charge is -2.25. The minimum Gasteiger partial charge on any atom is -0.546 e. The first-order valence-corrected chi connectivity index (χ1v) is 13.1. The molecule has 2 heterocycles. The third-order valence-electron chi connectivity index (χ3n) is 6.24. The number of rotatable bonds is 8.